The van der Waals surface area contributed by atoms with E-state index in [0.29, 0.717) is 5.69 Å². The molecule has 2 atom stereocenters. The van der Waals surface area contributed by atoms with Gasteiger partial charge in [0.1, 0.15) is 5.84 Å². The predicted octanol–water partition coefficient (Wildman–Crippen LogP) is 11.1. The van der Waals surface area contributed by atoms with Crippen molar-refractivity contribution in [2.24, 2.45) is 4.99 Å². The van der Waals surface area contributed by atoms with Gasteiger partial charge in [0.05, 0.1) is 45.9 Å². The van der Waals surface area contributed by atoms with Gasteiger partial charge in [-0.25, -0.2) is 9.98 Å². The largest absolute Gasteiger partial charge is 0.396 e. The maximum absolute atomic E-state index is 6.52. The van der Waals surface area contributed by atoms with Gasteiger partial charge in [0.2, 0.25) is 0 Å². The Morgan fingerprint density at radius 2 is 1.33 bits per heavy atom. The van der Waals surface area contributed by atoms with Crippen molar-refractivity contribution in [3.8, 4) is 11.3 Å². The third-order valence-electron chi connectivity index (χ3n) is 11.0. The van der Waals surface area contributed by atoms with Crippen LogP contribution in [0, 0.1) is 0 Å². The number of nitrogens with two attached hydrogens (primary N) is 1. The van der Waals surface area contributed by atoms with Crippen molar-refractivity contribution in [1.82, 2.24) is 20.6 Å². The van der Waals surface area contributed by atoms with Crippen molar-refractivity contribution in [2.45, 2.75) is 19.0 Å². The Hall–Kier alpha value is -7.57. The van der Waals surface area contributed by atoms with E-state index in [1.807, 2.05) is 61.5 Å². The first-order valence-corrected chi connectivity index (χ1v) is 19.7. The maximum atomic E-state index is 6.52. The van der Waals surface area contributed by atoms with E-state index in [2.05, 4.69) is 144 Å². The Kier molecular flexibility index (Phi) is 8.92. The number of hydrogen-bond acceptors (Lipinski definition) is 6. The highest BCUT2D eigenvalue weighted by molar-refractivity contribution is 6.03. The van der Waals surface area contributed by atoms with Gasteiger partial charge in [-0.2, -0.15) is 0 Å². The molecule has 10 rings (SSSR count). The third kappa shape index (κ3) is 6.71. The zero-order valence-corrected chi connectivity index (χ0v) is 32.0. The smallest absolute Gasteiger partial charge is 0.134 e. The quantitative estimate of drug-likeness (QED) is 0.141. The van der Waals surface area contributed by atoms with Crippen LogP contribution in [0.1, 0.15) is 46.5 Å². The van der Waals surface area contributed by atoms with Crippen molar-refractivity contribution in [3.63, 3.8) is 0 Å². The molecular weight excluding hydrogens is 709 g/mol. The first-order chi connectivity index (χ1) is 28.6. The summed E-state index contributed by atoms with van der Waals surface area (Å²) in [4.78, 5) is 15.2. The number of dihydropyridines is 1. The monoisotopic (exact) mass is 748 g/mol. The van der Waals surface area contributed by atoms with Crippen molar-refractivity contribution in [3.05, 3.63) is 221 Å². The Morgan fingerprint density at radius 3 is 2.14 bits per heavy atom. The molecule has 0 amide bonds. The molecule has 3 aliphatic rings. The molecule has 1 aliphatic carbocycles. The molecule has 2 aromatic heterocycles. The molecule has 0 bridgehead atoms. The number of nitrogens with zero attached hydrogens (tertiary/aromatic N) is 3. The van der Waals surface area contributed by atoms with Crippen LogP contribution in [0.15, 0.2) is 193 Å². The minimum atomic E-state index is -0.154. The number of aliphatic imine (C=N–C) groups is 1. The van der Waals surface area contributed by atoms with Crippen LogP contribution in [-0.2, 0) is 0 Å². The molecule has 4 heterocycles. The fraction of sp³-hybridized carbons (Fsp3) is 0.0577. The number of anilines is 1. The molecule has 5 aromatic carbocycles. The fourth-order valence-electron chi connectivity index (χ4n) is 7.90. The van der Waals surface area contributed by atoms with E-state index in [0.717, 1.165) is 83.8 Å². The van der Waals surface area contributed by atoms with Gasteiger partial charge in [0, 0.05) is 27.6 Å². The molecule has 7 aromatic rings. The van der Waals surface area contributed by atoms with Crippen LogP contribution in [0.2, 0.25) is 0 Å². The Labute approximate surface area is 337 Å². The standard InChI is InChI=1S/C52H40N6/c1-2-9-38-20-21-39-26-28-43(56-51(39)50(38)53)35-16-14-33(15-17-35)41-22-18-36-24-27-44(54-46(36)30-41)42-23-19-37-25-29-45(55-47(37)31-42)49-32-48(34-10-5-3-6-11-34)57-52(58-49)40-12-7-4-8-13-40/h2-32,46,49,54H,53H2,1H3,(H,57,58). The number of rotatable bonds is 7. The molecule has 4 N–H and O–H groups in total. The molecular formula is C52H40N6. The van der Waals surface area contributed by atoms with Crippen LogP contribution in [0.25, 0.3) is 56.1 Å². The summed E-state index contributed by atoms with van der Waals surface area (Å²) >= 11 is 0. The van der Waals surface area contributed by atoms with E-state index in [1.165, 1.54) is 11.1 Å². The number of fused-ring (bicyclic) bond motifs is 3. The topological polar surface area (TPSA) is 88.2 Å². The number of benzene rings is 5. The van der Waals surface area contributed by atoms with Gasteiger partial charge in [-0.15, -0.1) is 0 Å². The summed E-state index contributed by atoms with van der Waals surface area (Å²) in [6.45, 7) is 1.99. The molecule has 58 heavy (non-hydrogen) atoms. The molecule has 2 unspecified atom stereocenters. The van der Waals surface area contributed by atoms with Crippen molar-refractivity contribution < 1.29 is 0 Å². The first-order valence-electron chi connectivity index (χ1n) is 19.7. The van der Waals surface area contributed by atoms with Crippen LogP contribution in [0.5, 0.6) is 0 Å². The van der Waals surface area contributed by atoms with Crippen molar-refractivity contribution in [2.75, 3.05) is 5.73 Å². The number of aromatic nitrogens is 2. The lowest BCUT2D eigenvalue weighted by atomic mass is 9.90. The number of amidine groups is 1. The summed E-state index contributed by atoms with van der Waals surface area (Å²) in [6, 6.07) is 48.2. The van der Waals surface area contributed by atoms with Gasteiger partial charge in [0.25, 0.3) is 0 Å². The lowest BCUT2D eigenvalue weighted by molar-refractivity contribution is 0.756. The van der Waals surface area contributed by atoms with Crippen LogP contribution < -0.4 is 16.4 Å². The van der Waals surface area contributed by atoms with E-state index >= 15 is 0 Å². The molecule has 0 saturated heterocycles. The molecule has 6 nitrogen and oxygen atoms in total. The minimum absolute atomic E-state index is 0.0369. The molecule has 0 spiro atoms. The number of nitrogen functional groups attached to an aromatic ring is 1. The van der Waals surface area contributed by atoms with E-state index in [1.54, 1.807) is 0 Å². The summed E-state index contributed by atoms with van der Waals surface area (Å²) < 4.78 is 0. The highest BCUT2D eigenvalue weighted by Crippen LogP contribution is 2.33. The van der Waals surface area contributed by atoms with Gasteiger partial charge in [-0.05, 0) is 70.7 Å². The summed E-state index contributed by atoms with van der Waals surface area (Å²) in [6.07, 6.45) is 17.3. The average molecular weight is 749 g/mol. The second-order valence-electron chi connectivity index (χ2n) is 14.7. The number of pyridine rings is 2. The van der Waals surface area contributed by atoms with E-state index in [-0.39, 0.29) is 12.1 Å². The molecule has 0 radical (unpaired) electrons. The molecule has 2 aliphatic heterocycles. The van der Waals surface area contributed by atoms with Crippen molar-refractivity contribution in [1.29, 1.82) is 0 Å². The molecule has 6 heteroatoms. The second-order valence-corrected chi connectivity index (χ2v) is 14.7. The Morgan fingerprint density at radius 1 is 0.603 bits per heavy atom. The van der Waals surface area contributed by atoms with E-state index in [4.69, 9.17) is 20.7 Å². The minimum Gasteiger partial charge on any atom is -0.396 e. The zero-order valence-electron chi connectivity index (χ0n) is 32.0. The normalized spacial score (nSPS) is 17.4. The lowest BCUT2D eigenvalue weighted by Gasteiger charge is -2.27. The van der Waals surface area contributed by atoms with E-state index < -0.39 is 0 Å². The summed E-state index contributed by atoms with van der Waals surface area (Å²) in [5.41, 5.74) is 21.6. The summed E-state index contributed by atoms with van der Waals surface area (Å²) in [5, 5.41) is 9.59. The number of allylic oxidation sites excluding steroid dienone is 5. The molecule has 0 fully saturated rings. The van der Waals surface area contributed by atoms with Gasteiger partial charge in [0.15, 0.2) is 0 Å². The van der Waals surface area contributed by atoms with Crippen LogP contribution in [0.3, 0.4) is 0 Å². The third-order valence-corrected chi connectivity index (χ3v) is 11.0. The van der Waals surface area contributed by atoms with Gasteiger partial charge in [-0.1, -0.05) is 158 Å². The second kappa shape index (κ2) is 14.8. The Bertz CT molecular complexity index is 2950. The van der Waals surface area contributed by atoms with Gasteiger partial charge in [-0.3, -0.25) is 4.98 Å². The Balaban J connectivity index is 0.896. The molecule has 0 saturated carbocycles. The highest BCUT2D eigenvalue weighted by atomic mass is 15.1. The van der Waals surface area contributed by atoms with Crippen LogP contribution >= 0.6 is 0 Å². The van der Waals surface area contributed by atoms with Crippen LogP contribution in [-0.4, -0.2) is 21.8 Å². The van der Waals surface area contributed by atoms with Crippen molar-refractivity contribution >= 4 is 56.4 Å². The zero-order chi connectivity index (χ0) is 39.0. The summed E-state index contributed by atoms with van der Waals surface area (Å²) in [7, 11) is 0. The lowest BCUT2D eigenvalue weighted by Crippen LogP contribution is -2.31. The van der Waals surface area contributed by atoms with Crippen LogP contribution in [0.4, 0.5) is 5.69 Å². The number of hydrogen-bond donors (Lipinski definition) is 3. The highest BCUT2D eigenvalue weighted by Gasteiger charge is 2.23. The average Bonchev–Trinajstić information content (AvgIpc) is 3.29. The fourth-order valence-corrected chi connectivity index (χ4v) is 7.90. The van der Waals surface area contributed by atoms with Gasteiger partial charge < -0.3 is 16.4 Å². The predicted molar refractivity (Wildman–Crippen MR) is 241 cm³/mol. The van der Waals surface area contributed by atoms with E-state index in [9.17, 15) is 0 Å². The molecule has 278 valence electrons. The summed E-state index contributed by atoms with van der Waals surface area (Å²) in [5.74, 6) is 0.832. The maximum Gasteiger partial charge on any atom is 0.134 e. The first kappa shape index (κ1) is 34.9. The van der Waals surface area contributed by atoms with Gasteiger partial charge >= 0.3 is 0 Å². The SMILES string of the molecule is CC=Cc1ccc2ccc(-c3ccc(C4=CC5NC(c6ccc7ccc(C8C=C(c9ccccc9)N=C(c9ccccc9)N8)nc7c6)=CC=C5C=C4)cc3)nc2c1N. The number of nitrogens with one attached hydrogen (secondary N) is 2.